The van der Waals surface area contributed by atoms with E-state index < -0.39 is 0 Å². The lowest BCUT2D eigenvalue weighted by Gasteiger charge is -2.08. The molecule has 0 aliphatic rings. The molecule has 15 heavy (non-hydrogen) atoms. The first-order chi connectivity index (χ1) is 7.16. The number of anilines is 1. The average molecular weight is 206 g/mol. The van der Waals surface area contributed by atoms with Crippen molar-refractivity contribution in [1.82, 2.24) is 24.5 Å². The second-order valence-electron chi connectivity index (χ2n) is 3.69. The Hall–Kier alpha value is -1.85. The maximum absolute atomic E-state index is 5.58. The highest BCUT2D eigenvalue weighted by molar-refractivity contribution is 5.30. The van der Waals surface area contributed by atoms with Gasteiger partial charge in [0.1, 0.15) is 18.7 Å². The van der Waals surface area contributed by atoms with Crippen LogP contribution in [0.5, 0.6) is 0 Å². The molecule has 2 N–H and O–H groups in total. The van der Waals surface area contributed by atoms with Crippen LogP contribution in [0.15, 0.2) is 18.7 Å². The molecule has 0 atom stereocenters. The van der Waals surface area contributed by atoms with Gasteiger partial charge < -0.3 is 5.73 Å². The van der Waals surface area contributed by atoms with Crippen molar-refractivity contribution < 1.29 is 0 Å². The van der Waals surface area contributed by atoms with E-state index in [0.717, 1.165) is 5.82 Å². The van der Waals surface area contributed by atoms with Crippen LogP contribution in [-0.4, -0.2) is 24.5 Å². The second kappa shape index (κ2) is 3.72. The van der Waals surface area contributed by atoms with Gasteiger partial charge in [-0.25, -0.2) is 9.67 Å². The van der Waals surface area contributed by atoms with Crippen LogP contribution < -0.4 is 5.73 Å². The maximum atomic E-state index is 5.58. The van der Waals surface area contributed by atoms with Gasteiger partial charge in [-0.3, -0.25) is 4.68 Å². The van der Waals surface area contributed by atoms with Crippen molar-refractivity contribution in [3.63, 3.8) is 0 Å². The van der Waals surface area contributed by atoms with Gasteiger partial charge in [0.2, 0.25) is 0 Å². The van der Waals surface area contributed by atoms with Gasteiger partial charge in [-0.15, -0.1) is 0 Å². The molecule has 0 aromatic carbocycles. The summed E-state index contributed by atoms with van der Waals surface area (Å²) in [7, 11) is 0. The van der Waals surface area contributed by atoms with Gasteiger partial charge in [-0.2, -0.15) is 10.2 Å². The van der Waals surface area contributed by atoms with E-state index in [1.807, 2.05) is 4.68 Å². The van der Waals surface area contributed by atoms with E-state index in [-0.39, 0.29) is 0 Å². The van der Waals surface area contributed by atoms with Crippen LogP contribution >= 0.6 is 0 Å². The normalized spacial score (nSPS) is 11.1. The van der Waals surface area contributed by atoms with Crippen LogP contribution in [0.25, 0.3) is 0 Å². The smallest absolute Gasteiger partial charge is 0.148 e. The molecule has 2 aromatic rings. The van der Waals surface area contributed by atoms with E-state index >= 15 is 0 Å². The van der Waals surface area contributed by atoms with E-state index in [1.54, 1.807) is 23.4 Å². The van der Waals surface area contributed by atoms with Crippen molar-refractivity contribution in [2.24, 2.45) is 0 Å². The summed E-state index contributed by atoms with van der Waals surface area (Å²) in [5, 5.41) is 8.25. The lowest BCUT2D eigenvalue weighted by Crippen LogP contribution is -2.12. The molecular weight excluding hydrogens is 192 g/mol. The minimum Gasteiger partial charge on any atom is -0.396 e. The summed E-state index contributed by atoms with van der Waals surface area (Å²) >= 11 is 0. The molecule has 6 heteroatoms. The minimum atomic E-state index is 0.301. The molecule has 0 radical (unpaired) electrons. The fourth-order valence-electron chi connectivity index (χ4n) is 1.43. The standard InChI is InChI=1S/C9H14N6/c1-7(2)15-9(11-6-13-15)5-14-4-8(10)3-12-14/h3-4,6-7H,5,10H2,1-2H3. The molecular formula is C9H14N6. The van der Waals surface area contributed by atoms with Crippen molar-refractivity contribution in [2.45, 2.75) is 26.4 Å². The Labute approximate surface area is 87.7 Å². The number of nitrogens with zero attached hydrogens (tertiary/aromatic N) is 5. The Morgan fingerprint density at radius 2 is 2.20 bits per heavy atom. The first-order valence-corrected chi connectivity index (χ1v) is 4.83. The van der Waals surface area contributed by atoms with E-state index in [2.05, 4.69) is 29.0 Å². The Balaban J connectivity index is 2.20. The third kappa shape index (κ3) is 1.98. The molecule has 0 bridgehead atoms. The predicted octanol–water partition coefficient (Wildman–Crippen LogP) is 0.686. The molecule has 2 aromatic heterocycles. The lowest BCUT2D eigenvalue weighted by atomic mass is 10.4. The van der Waals surface area contributed by atoms with Gasteiger partial charge in [0, 0.05) is 12.2 Å². The van der Waals surface area contributed by atoms with Crippen LogP contribution in [-0.2, 0) is 6.54 Å². The fourth-order valence-corrected chi connectivity index (χ4v) is 1.43. The molecule has 0 saturated carbocycles. The Morgan fingerprint density at radius 1 is 1.40 bits per heavy atom. The van der Waals surface area contributed by atoms with Crippen molar-refractivity contribution in [3.05, 3.63) is 24.5 Å². The van der Waals surface area contributed by atoms with Crippen molar-refractivity contribution >= 4 is 5.69 Å². The summed E-state index contributed by atoms with van der Waals surface area (Å²) in [5.41, 5.74) is 6.24. The van der Waals surface area contributed by atoms with Crippen LogP contribution in [0.3, 0.4) is 0 Å². The molecule has 0 aliphatic heterocycles. The van der Waals surface area contributed by atoms with Gasteiger partial charge in [-0.1, -0.05) is 0 Å². The van der Waals surface area contributed by atoms with Gasteiger partial charge in [0.25, 0.3) is 0 Å². The molecule has 80 valence electrons. The Morgan fingerprint density at radius 3 is 2.80 bits per heavy atom. The van der Waals surface area contributed by atoms with E-state index in [9.17, 15) is 0 Å². The summed E-state index contributed by atoms with van der Waals surface area (Å²) in [5.74, 6) is 0.883. The number of aromatic nitrogens is 5. The summed E-state index contributed by atoms with van der Waals surface area (Å²) in [4.78, 5) is 4.19. The monoisotopic (exact) mass is 206 g/mol. The van der Waals surface area contributed by atoms with E-state index in [4.69, 9.17) is 5.73 Å². The highest BCUT2D eigenvalue weighted by Gasteiger charge is 2.08. The third-order valence-corrected chi connectivity index (χ3v) is 2.09. The van der Waals surface area contributed by atoms with Crippen LogP contribution in [0, 0.1) is 0 Å². The van der Waals surface area contributed by atoms with E-state index in [0.29, 0.717) is 18.3 Å². The third-order valence-electron chi connectivity index (χ3n) is 2.09. The summed E-state index contributed by atoms with van der Waals surface area (Å²) in [6.45, 7) is 4.72. The first kappa shape index (κ1) is 9.70. The average Bonchev–Trinajstić information content (AvgIpc) is 2.75. The number of nitrogens with two attached hydrogens (primary N) is 1. The largest absolute Gasteiger partial charge is 0.396 e. The number of hydrogen-bond donors (Lipinski definition) is 1. The number of hydrogen-bond acceptors (Lipinski definition) is 4. The Bertz CT molecular complexity index is 441. The molecule has 0 saturated heterocycles. The molecule has 0 amide bonds. The molecule has 0 unspecified atom stereocenters. The van der Waals surface area contributed by atoms with Crippen molar-refractivity contribution in [1.29, 1.82) is 0 Å². The quantitative estimate of drug-likeness (QED) is 0.801. The van der Waals surface area contributed by atoms with Crippen LogP contribution in [0.1, 0.15) is 25.7 Å². The lowest BCUT2D eigenvalue weighted by molar-refractivity contribution is 0.488. The number of rotatable bonds is 3. The van der Waals surface area contributed by atoms with Gasteiger partial charge in [-0.05, 0) is 13.8 Å². The zero-order valence-electron chi connectivity index (χ0n) is 8.83. The second-order valence-corrected chi connectivity index (χ2v) is 3.69. The summed E-state index contributed by atoms with van der Waals surface area (Å²) in [6, 6.07) is 0.301. The van der Waals surface area contributed by atoms with Crippen LogP contribution in [0.2, 0.25) is 0 Å². The molecule has 0 fully saturated rings. The fraction of sp³-hybridized carbons (Fsp3) is 0.444. The minimum absolute atomic E-state index is 0.301. The molecule has 2 heterocycles. The van der Waals surface area contributed by atoms with Gasteiger partial charge in [0.15, 0.2) is 0 Å². The van der Waals surface area contributed by atoms with Gasteiger partial charge in [0.05, 0.1) is 11.9 Å². The maximum Gasteiger partial charge on any atom is 0.148 e. The highest BCUT2D eigenvalue weighted by Crippen LogP contribution is 2.07. The molecule has 2 rings (SSSR count). The SMILES string of the molecule is CC(C)n1ncnc1Cn1cc(N)cn1. The molecule has 0 aliphatic carbocycles. The molecule has 0 spiro atoms. The summed E-state index contributed by atoms with van der Waals surface area (Å²) < 4.78 is 3.62. The first-order valence-electron chi connectivity index (χ1n) is 4.83. The topological polar surface area (TPSA) is 74.5 Å². The van der Waals surface area contributed by atoms with Gasteiger partial charge >= 0.3 is 0 Å². The zero-order chi connectivity index (χ0) is 10.8. The Kier molecular flexibility index (Phi) is 2.40. The van der Waals surface area contributed by atoms with Crippen molar-refractivity contribution in [3.8, 4) is 0 Å². The zero-order valence-corrected chi connectivity index (χ0v) is 8.83. The summed E-state index contributed by atoms with van der Waals surface area (Å²) in [6.07, 6.45) is 4.96. The predicted molar refractivity (Wildman–Crippen MR) is 56.1 cm³/mol. The van der Waals surface area contributed by atoms with E-state index in [1.165, 1.54) is 0 Å². The molecule has 6 nitrogen and oxygen atoms in total. The highest BCUT2D eigenvalue weighted by atomic mass is 15.4. The van der Waals surface area contributed by atoms with Crippen molar-refractivity contribution in [2.75, 3.05) is 5.73 Å². The number of nitrogen functional groups attached to an aromatic ring is 1. The van der Waals surface area contributed by atoms with Crippen LogP contribution in [0.4, 0.5) is 5.69 Å².